The van der Waals surface area contributed by atoms with Crippen molar-refractivity contribution in [1.82, 2.24) is 9.80 Å². The molecule has 1 aromatic heterocycles. The zero-order valence-electron chi connectivity index (χ0n) is 15.3. The molecule has 1 amide bonds. The number of nitrogens with zero attached hydrogens (tertiary/aromatic N) is 2. The summed E-state index contributed by atoms with van der Waals surface area (Å²) in [5, 5.41) is 0. The number of rotatable bonds is 4. The van der Waals surface area contributed by atoms with Crippen LogP contribution in [0, 0.1) is 0 Å². The van der Waals surface area contributed by atoms with Crippen molar-refractivity contribution in [2.75, 3.05) is 33.3 Å². The van der Waals surface area contributed by atoms with Crippen LogP contribution in [0.5, 0.6) is 0 Å². The lowest BCUT2D eigenvalue weighted by molar-refractivity contribution is 0.0557. The van der Waals surface area contributed by atoms with Crippen molar-refractivity contribution in [3.8, 4) is 0 Å². The number of carbonyl (C=O) groups is 1. The Kier molecular flexibility index (Phi) is 5.38. The summed E-state index contributed by atoms with van der Waals surface area (Å²) < 4.78 is 5.15. The van der Waals surface area contributed by atoms with Crippen LogP contribution in [0.25, 0.3) is 0 Å². The molecule has 1 aliphatic carbocycles. The zero-order valence-corrected chi connectivity index (χ0v) is 16.1. The van der Waals surface area contributed by atoms with Crippen molar-refractivity contribution < 1.29 is 9.53 Å². The number of fused-ring (bicyclic) bond motifs is 1. The number of carbonyl (C=O) groups excluding carboxylic acids is 1. The van der Waals surface area contributed by atoms with Crippen LogP contribution in [0.1, 0.15) is 32.1 Å². The predicted octanol–water partition coefficient (Wildman–Crippen LogP) is 3.21. The monoisotopic (exact) mass is 370 g/mol. The molecule has 5 heteroatoms. The fraction of sp³-hybridized carbons (Fsp3) is 0.476. The Morgan fingerprint density at radius 2 is 1.88 bits per heavy atom. The van der Waals surface area contributed by atoms with Crippen LogP contribution in [0.2, 0.25) is 0 Å². The molecular weight excluding hydrogens is 344 g/mol. The van der Waals surface area contributed by atoms with Crippen LogP contribution in [0.4, 0.5) is 0 Å². The Labute approximate surface area is 159 Å². The first-order valence-electron chi connectivity index (χ1n) is 9.42. The van der Waals surface area contributed by atoms with Gasteiger partial charge in [-0.3, -0.25) is 9.69 Å². The Morgan fingerprint density at radius 3 is 2.65 bits per heavy atom. The van der Waals surface area contributed by atoms with Crippen molar-refractivity contribution in [1.29, 1.82) is 0 Å². The van der Waals surface area contributed by atoms with Crippen LogP contribution in [-0.4, -0.2) is 55.0 Å². The number of benzene rings is 1. The van der Waals surface area contributed by atoms with E-state index in [0.29, 0.717) is 12.6 Å². The summed E-state index contributed by atoms with van der Waals surface area (Å²) in [4.78, 5) is 19.3. The number of methoxy groups -OCH3 is 1. The van der Waals surface area contributed by atoms with Gasteiger partial charge >= 0.3 is 0 Å². The number of aryl methyl sites for hydroxylation is 1. The molecule has 0 bridgehead atoms. The Hall–Kier alpha value is -1.69. The molecule has 0 radical (unpaired) electrons. The van der Waals surface area contributed by atoms with E-state index in [1.54, 1.807) is 18.4 Å². The number of ether oxygens (including phenoxy) is 1. The fourth-order valence-electron chi connectivity index (χ4n) is 4.15. The molecule has 138 valence electrons. The van der Waals surface area contributed by atoms with Crippen molar-refractivity contribution in [2.24, 2.45) is 0 Å². The van der Waals surface area contributed by atoms with E-state index in [4.69, 9.17) is 4.74 Å². The normalized spacial score (nSPS) is 20.8. The molecule has 1 saturated heterocycles. The van der Waals surface area contributed by atoms with Gasteiger partial charge in [0.1, 0.15) is 0 Å². The van der Waals surface area contributed by atoms with Gasteiger partial charge in [0.05, 0.1) is 11.5 Å². The number of piperazine rings is 1. The molecule has 1 aromatic carbocycles. The maximum absolute atomic E-state index is 12.7. The average Bonchev–Trinajstić information content (AvgIpc) is 3.16. The third-order valence-corrected chi connectivity index (χ3v) is 6.64. The summed E-state index contributed by atoms with van der Waals surface area (Å²) in [5.74, 6) is 0.172. The molecule has 1 atom stereocenters. The number of amides is 1. The highest BCUT2D eigenvalue weighted by molar-refractivity contribution is 7.14. The smallest absolute Gasteiger partial charge is 0.264 e. The first kappa shape index (κ1) is 17.7. The molecule has 2 aliphatic rings. The van der Waals surface area contributed by atoms with Gasteiger partial charge in [-0.25, -0.2) is 0 Å². The molecular formula is C21H26N2O2S. The zero-order chi connectivity index (χ0) is 17.9. The molecule has 4 rings (SSSR count). The largest absolute Gasteiger partial charge is 0.379 e. The van der Waals surface area contributed by atoms with Gasteiger partial charge in [0.2, 0.25) is 0 Å². The van der Waals surface area contributed by atoms with Crippen LogP contribution < -0.4 is 0 Å². The van der Waals surface area contributed by atoms with E-state index < -0.39 is 0 Å². The van der Waals surface area contributed by atoms with Crippen molar-refractivity contribution >= 4 is 17.2 Å². The maximum atomic E-state index is 12.7. The molecule has 1 aliphatic heterocycles. The molecule has 1 fully saturated rings. The highest BCUT2D eigenvalue weighted by Gasteiger charge is 2.29. The summed E-state index contributed by atoms with van der Waals surface area (Å²) in [6.07, 6.45) is 3.56. The lowest BCUT2D eigenvalue weighted by Gasteiger charge is -2.41. The first-order chi connectivity index (χ1) is 12.7. The van der Waals surface area contributed by atoms with Crippen LogP contribution in [0.15, 0.2) is 36.4 Å². The van der Waals surface area contributed by atoms with Gasteiger partial charge in [0.15, 0.2) is 0 Å². The van der Waals surface area contributed by atoms with Crippen LogP contribution in [0.3, 0.4) is 0 Å². The van der Waals surface area contributed by atoms with Gasteiger partial charge < -0.3 is 9.64 Å². The minimum absolute atomic E-state index is 0.172. The molecule has 2 heterocycles. The SMILES string of the molecule is COCc1ccc(C(=O)N2CCN([C@H]3CCc4ccccc4C3)CC2)s1. The molecule has 0 saturated carbocycles. The second-order valence-corrected chi connectivity index (χ2v) is 8.36. The third-order valence-electron chi connectivity index (χ3n) is 5.60. The maximum Gasteiger partial charge on any atom is 0.264 e. The highest BCUT2D eigenvalue weighted by Crippen LogP contribution is 2.26. The van der Waals surface area contributed by atoms with E-state index in [0.717, 1.165) is 42.4 Å². The van der Waals surface area contributed by atoms with Gasteiger partial charge in [0.25, 0.3) is 5.91 Å². The van der Waals surface area contributed by atoms with E-state index in [1.165, 1.54) is 24.0 Å². The number of thiophene rings is 1. The minimum atomic E-state index is 0.172. The predicted molar refractivity (Wildman–Crippen MR) is 105 cm³/mol. The number of hydrogen-bond acceptors (Lipinski definition) is 4. The van der Waals surface area contributed by atoms with Crippen molar-refractivity contribution in [3.63, 3.8) is 0 Å². The van der Waals surface area contributed by atoms with Gasteiger partial charge in [-0.1, -0.05) is 24.3 Å². The Balaban J connectivity index is 1.33. The Bertz CT molecular complexity index is 765. The lowest BCUT2D eigenvalue weighted by Crippen LogP contribution is -2.53. The van der Waals surface area contributed by atoms with Gasteiger partial charge in [-0.2, -0.15) is 0 Å². The van der Waals surface area contributed by atoms with Crippen LogP contribution >= 0.6 is 11.3 Å². The first-order valence-corrected chi connectivity index (χ1v) is 10.2. The molecule has 0 N–H and O–H groups in total. The quantitative estimate of drug-likeness (QED) is 0.828. The fourth-order valence-corrected chi connectivity index (χ4v) is 5.10. The molecule has 4 nitrogen and oxygen atoms in total. The lowest BCUT2D eigenvalue weighted by atomic mass is 9.87. The molecule has 0 spiro atoms. The minimum Gasteiger partial charge on any atom is -0.379 e. The average molecular weight is 371 g/mol. The molecule has 0 unspecified atom stereocenters. The summed E-state index contributed by atoms with van der Waals surface area (Å²) >= 11 is 1.55. The van der Waals surface area contributed by atoms with Gasteiger partial charge in [-0.15, -0.1) is 11.3 Å². The van der Waals surface area contributed by atoms with E-state index in [-0.39, 0.29) is 5.91 Å². The summed E-state index contributed by atoms with van der Waals surface area (Å²) in [6.45, 7) is 4.20. The van der Waals surface area contributed by atoms with Crippen molar-refractivity contribution in [3.05, 3.63) is 57.3 Å². The summed E-state index contributed by atoms with van der Waals surface area (Å²) in [6, 6.07) is 13.4. The van der Waals surface area contributed by atoms with E-state index in [2.05, 4.69) is 29.2 Å². The van der Waals surface area contributed by atoms with Gasteiger partial charge in [0, 0.05) is 44.2 Å². The number of hydrogen-bond donors (Lipinski definition) is 0. The van der Waals surface area contributed by atoms with E-state index in [9.17, 15) is 4.79 Å². The standard InChI is InChI=1S/C21H26N2O2S/c1-25-15-19-8-9-20(26-19)21(24)23-12-10-22(11-13-23)18-7-6-16-4-2-3-5-17(16)14-18/h2-5,8-9,18H,6-7,10-15H2,1H3/t18-/m0/s1. The topological polar surface area (TPSA) is 32.8 Å². The van der Waals surface area contributed by atoms with Crippen molar-refractivity contribution in [2.45, 2.75) is 31.9 Å². The van der Waals surface area contributed by atoms with Gasteiger partial charge in [-0.05, 0) is 42.5 Å². The second-order valence-electron chi connectivity index (χ2n) is 7.19. The second kappa shape index (κ2) is 7.91. The summed E-state index contributed by atoms with van der Waals surface area (Å²) in [5.41, 5.74) is 3.02. The Morgan fingerprint density at radius 1 is 1.12 bits per heavy atom. The molecule has 26 heavy (non-hydrogen) atoms. The highest BCUT2D eigenvalue weighted by atomic mass is 32.1. The van der Waals surface area contributed by atoms with E-state index in [1.807, 2.05) is 17.0 Å². The van der Waals surface area contributed by atoms with Crippen LogP contribution in [-0.2, 0) is 24.2 Å². The summed E-state index contributed by atoms with van der Waals surface area (Å²) in [7, 11) is 1.68. The van der Waals surface area contributed by atoms with E-state index >= 15 is 0 Å². The molecule has 2 aromatic rings. The third kappa shape index (κ3) is 3.70.